The number of rotatable bonds is 4. The number of anilines is 2. The molecule has 0 aliphatic carbocycles. The molecule has 1 saturated heterocycles. The van der Waals surface area contributed by atoms with Crippen molar-refractivity contribution in [3.63, 3.8) is 0 Å². The maximum atomic E-state index is 12.9. The SMILES string of the molecule is Cc1ccc(NC(=O)Oc2ccc(C(C)(C)C)cc2C(C)(C)C)cc1NC(=O)OC1CC(C)(C)NC(C)(C)C1. The quantitative estimate of drug-likeness (QED) is 0.367. The first kappa shape index (κ1) is 30.5. The van der Waals surface area contributed by atoms with Crippen molar-refractivity contribution < 1.29 is 19.1 Å². The van der Waals surface area contributed by atoms with Crippen molar-refractivity contribution in [2.45, 2.75) is 117 Å². The van der Waals surface area contributed by atoms with E-state index in [9.17, 15) is 9.59 Å². The molecule has 0 aromatic heterocycles. The maximum absolute atomic E-state index is 12.9. The molecule has 0 bridgehead atoms. The van der Waals surface area contributed by atoms with Crippen molar-refractivity contribution >= 4 is 23.6 Å². The number of hydrogen-bond acceptors (Lipinski definition) is 5. The van der Waals surface area contributed by atoms with E-state index in [0.29, 0.717) is 17.1 Å². The molecule has 1 aliphatic rings. The molecule has 0 spiro atoms. The normalized spacial score (nSPS) is 17.3. The number of ether oxygens (including phenoxy) is 2. The van der Waals surface area contributed by atoms with Crippen molar-refractivity contribution in [3.8, 4) is 5.75 Å². The summed E-state index contributed by atoms with van der Waals surface area (Å²) in [7, 11) is 0. The molecule has 214 valence electrons. The Morgan fingerprint density at radius 3 is 2.03 bits per heavy atom. The zero-order chi connectivity index (χ0) is 29.4. The average Bonchev–Trinajstić information content (AvgIpc) is 2.72. The Hall–Kier alpha value is -3.06. The van der Waals surface area contributed by atoms with E-state index in [1.54, 1.807) is 12.1 Å². The van der Waals surface area contributed by atoms with Crippen LogP contribution < -0.4 is 20.7 Å². The highest BCUT2D eigenvalue weighted by molar-refractivity contribution is 5.90. The molecule has 7 nitrogen and oxygen atoms in total. The lowest BCUT2D eigenvalue weighted by Crippen LogP contribution is -2.59. The monoisotopic (exact) mass is 537 g/mol. The molecule has 3 rings (SSSR count). The molecule has 1 fully saturated rings. The second-order valence-corrected chi connectivity index (χ2v) is 14.2. The van der Waals surface area contributed by atoms with E-state index in [4.69, 9.17) is 9.47 Å². The Labute approximate surface area is 234 Å². The maximum Gasteiger partial charge on any atom is 0.417 e. The van der Waals surface area contributed by atoms with E-state index in [-0.39, 0.29) is 28.0 Å². The smallest absolute Gasteiger partial charge is 0.417 e. The molecule has 2 aromatic rings. The first-order valence-electron chi connectivity index (χ1n) is 13.8. The minimum atomic E-state index is -0.597. The van der Waals surface area contributed by atoms with Gasteiger partial charge >= 0.3 is 12.2 Å². The van der Waals surface area contributed by atoms with Crippen molar-refractivity contribution in [1.82, 2.24) is 5.32 Å². The lowest BCUT2D eigenvalue weighted by molar-refractivity contribution is 0.0256. The number of amides is 2. The molecule has 0 unspecified atom stereocenters. The average molecular weight is 538 g/mol. The van der Waals surface area contributed by atoms with Gasteiger partial charge in [-0.25, -0.2) is 9.59 Å². The highest BCUT2D eigenvalue weighted by Gasteiger charge is 2.39. The highest BCUT2D eigenvalue weighted by Crippen LogP contribution is 2.36. The third-order valence-electron chi connectivity index (χ3n) is 7.00. The van der Waals surface area contributed by atoms with E-state index in [2.05, 4.69) is 91.3 Å². The van der Waals surface area contributed by atoms with Gasteiger partial charge in [0.25, 0.3) is 0 Å². The van der Waals surface area contributed by atoms with Crippen LogP contribution in [0.2, 0.25) is 0 Å². The van der Waals surface area contributed by atoms with Gasteiger partial charge in [-0.3, -0.25) is 10.6 Å². The molecular formula is C32H47N3O4. The second-order valence-electron chi connectivity index (χ2n) is 14.2. The van der Waals surface area contributed by atoms with Crippen LogP contribution in [0.3, 0.4) is 0 Å². The molecule has 7 heteroatoms. The number of carbonyl (C=O) groups excluding carboxylic acids is 2. The van der Waals surface area contributed by atoms with E-state index in [0.717, 1.165) is 24.0 Å². The van der Waals surface area contributed by atoms with Crippen molar-refractivity contribution in [3.05, 3.63) is 53.1 Å². The third kappa shape index (κ3) is 8.46. The van der Waals surface area contributed by atoms with Crippen LogP contribution >= 0.6 is 0 Å². The van der Waals surface area contributed by atoms with E-state index in [1.165, 1.54) is 5.56 Å². The standard InChI is InChI=1S/C32H47N3O4/c1-20-12-14-22(17-25(20)34-28(37)38-23-18-31(8,9)35-32(10,11)19-23)33-27(36)39-26-15-13-21(29(2,3)4)16-24(26)30(5,6)7/h12-17,23,35H,18-19H2,1-11H3,(H,33,36)(H,34,37). The Morgan fingerprint density at radius 1 is 0.846 bits per heavy atom. The fourth-order valence-electron chi connectivity index (χ4n) is 5.35. The van der Waals surface area contributed by atoms with Gasteiger partial charge in [-0.2, -0.15) is 0 Å². The largest absolute Gasteiger partial charge is 0.446 e. The summed E-state index contributed by atoms with van der Waals surface area (Å²) in [4.78, 5) is 25.7. The van der Waals surface area contributed by atoms with Crippen LogP contribution in [0, 0.1) is 6.92 Å². The van der Waals surface area contributed by atoms with Gasteiger partial charge in [0, 0.05) is 40.9 Å². The molecule has 39 heavy (non-hydrogen) atoms. The van der Waals surface area contributed by atoms with Gasteiger partial charge in [0.1, 0.15) is 11.9 Å². The summed E-state index contributed by atoms with van der Waals surface area (Å²) in [6, 6.07) is 11.3. The Kier molecular flexibility index (Phi) is 8.47. The van der Waals surface area contributed by atoms with Gasteiger partial charge in [0.2, 0.25) is 0 Å². The molecule has 2 aromatic carbocycles. The van der Waals surface area contributed by atoms with Gasteiger partial charge in [0.05, 0.1) is 0 Å². The minimum absolute atomic E-state index is 0.0203. The molecule has 0 saturated carbocycles. The molecule has 0 radical (unpaired) electrons. The van der Waals surface area contributed by atoms with Gasteiger partial charge in [-0.05, 0) is 74.8 Å². The molecule has 1 aliphatic heterocycles. The van der Waals surface area contributed by atoms with Crippen molar-refractivity contribution in [2.24, 2.45) is 0 Å². The van der Waals surface area contributed by atoms with Crippen LogP contribution in [0.25, 0.3) is 0 Å². The highest BCUT2D eigenvalue weighted by atomic mass is 16.6. The third-order valence-corrected chi connectivity index (χ3v) is 7.00. The fraction of sp³-hybridized carbons (Fsp3) is 0.562. The van der Waals surface area contributed by atoms with Crippen LogP contribution in [0.5, 0.6) is 5.75 Å². The van der Waals surface area contributed by atoms with Crippen LogP contribution in [0.15, 0.2) is 36.4 Å². The predicted molar refractivity (Wildman–Crippen MR) is 159 cm³/mol. The summed E-state index contributed by atoms with van der Waals surface area (Å²) in [5, 5.41) is 9.24. The van der Waals surface area contributed by atoms with E-state index in [1.807, 2.05) is 25.1 Å². The summed E-state index contributed by atoms with van der Waals surface area (Å²) < 4.78 is 11.6. The number of benzene rings is 2. The van der Waals surface area contributed by atoms with Crippen LogP contribution in [-0.2, 0) is 15.6 Å². The Balaban J connectivity index is 1.70. The van der Waals surface area contributed by atoms with Crippen LogP contribution in [0.4, 0.5) is 21.0 Å². The first-order valence-corrected chi connectivity index (χ1v) is 13.8. The molecule has 1 heterocycles. The predicted octanol–water partition coefficient (Wildman–Crippen LogP) is 8.06. The van der Waals surface area contributed by atoms with E-state index >= 15 is 0 Å². The number of aryl methyl sites for hydroxylation is 1. The summed E-state index contributed by atoms with van der Waals surface area (Å²) in [5.74, 6) is 0.523. The van der Waals surface area contributed by atoms with Crippen molar-refractivity contribution in [2.75, 3.05) is 10.6 Å². The lowest BCUT2D eigenvalue weighted by Gasteiger charge is -2.45. The van der Waals surface area contributed by atoms with Gasteiger partial charge < -0.3 is 14.8 Å². The minimum Gasteiger partial charge on any atom is -0.446 e. The number of piperidine rings is 1. The summed E-state index contributed by atoms with van der Waals surface area (Å²) in [5.41, 5.74) is 3.57. The molecule has 2 amide bonds. The van der Waals surface area contributed by atoms with Crippen molar-refractivity contribution in [1.29, 1.82) is 0 Å². The van der Waals surface area contributed by atoms with Crippen LogP contribution in [0.1, 0.15) is 98.8 Å². The second kappa shape index (κ2) is 10.8. The lowest BCUT2D eigenvalue weighted by atomic mass is 9.80. The van der Waals surface area contributed by atoms with Gasteiger partial charge in [-0.1, -0.05) is 59.7 Å². The topological polar surface area (TPSA) is 88.7 Å². The summed E-state index contributed by atoms with van der Waals surface area (Å²) >= 11 is 0. The Morgan fingerprint density at radius 2 is 1.46 bits per heavy atom. The van der Waals surface area contributed by atoms with E-state index < -0.39 is 12.2 Å². The zero-order valence-corrected chi connectivity index (χ0v) is 25.6. The fourth-order valence-corrected chi connectivity index (χ4v) is 5.35. The van der Waals surface area contributed by atoms with Gasteiger partial charge in [0.15, 0.2) is 0 Å². The molecular weight excluding hydrogens is 490 g/mol. The number of hydrogen-bond donors (Lipinski definition) is 3. The first-order chi connectivity index (χ1) is 17.7. The molecule has 0 atom stereocenters. The van der Waals surface area contributed by atoms with Crippen LogP contribution in [-0.4, -0.2) is 29.4 Å². The Bertz CT molecular complexity index is 1200. The number of nitrogens with one attached hydrogen (secondary N) is 3. The van der Waals surface area contributed by atoms with Gasteiger partial charge in [-0.15, -0.1) is 0 Å². The summed E-state index contributed by atoms with van der Waals surface area (Å²) in [6.07, 6.45) is 0.146. The molecule has 3 N–H and O–H groups in total. The zero-order valence-electron chi connectivity index (χ0n) is 25.6. The summed E-state index contributed by atoms with van der Waals surface area (Å²) in [6.45, 7) is 23.1. The number of carbonyl (C=O) groups is 2.